The van der Waals surface area contributed by atoms with Crippen molar-refractivity contribution < 1.29 is 23.5 Å². The van der Waals surface area contributed by atoms with Crippen molar-refractivity contribution in [1.82, 2.24) is 9.88 Å². The zero-order chi connectivity index (χ0) is 21.3. The topological polar surface area (TPSA) is 80.6 Å². The molecule has 30 heavy (non-hydrogen) atoms. The van der Waals surface area contributed by atoms with Crippen molar-refractivity contribution >= 4 is 29.6 Å². The molecule has 0 aliphatic carbocycles. The molecule has 2 aromatic carbocycles. The lowest BCUT2D eigenvalue weighted by Gasteiger charge is -2.26. The molecule has 1 saturated heterocycles. The second-order valence-corrected chi connectivity index (χ2v) is 6.46. The van der Waals surface area contributed by atoms with E-state index in [1.54, 1.807) is 30.1 Å². The highest BCUT2D eigenvalue weighted by atomic mass is 19.1. The molecule has 1 aliphatic heterocycles. The number of nitrogens with zero attached hydrogens (tertiary/aromatic N) is 2. The van der Waals surface area contributed by atoms with Gasteiger partial charge in [-0.2, -0.15) is 0 Å². The Balaban J connectivity index is 1.66. The van der Waals surface area contributed by atoms with Gasteiger partial charge in [0.25, 0.3) is 11.8 Å². The van der Waals surface area contributed by atoms with E-state index < -0.39 is 23.7 Å². The molecule has 0 unspecified atom stereocenters. The van der Waals surface area contributed by atoms with Crippen LogP contribution in [0.15, 0.2) is 72.6 Å². The second kappa shape index (κ2) is 7.67. The van der Waals surface area contributed by atoms with Crippen LogP contribution >= 0.6 is 0 Å². The Labute approximate surface area is 171 Å². The average Bonchev–Trinajstić information content (AvgIpc) is 3.21. The normalized spacial score (nSPS) is 15.5. The lowest BCUT2D eigenvalue weighted by molar-refractivity contribution is -0.122. The summed E-state index contributed by atoms with van der Waals surface area (Å²) in [4.78, 5) is 37.9. The first-order valence-corrected chi connectivity index (χ1v) is 8.96. The standard InChI is InChI=1S/C22H16FN3O4/c1-30-16-8-6-15(7-9-16)25-11-10-14(13-25)12-17-20(27)24-22(29)26(21(17)28)19-5-3-2-4-18(19)23/h2-13H,1H3,(H,24,27,29)/b17-12-. The molecule has 0 radical (unpaired) electrons. The van der Waals surface area contributed by atoms with Crippen LogP contribution < -0.4 is 15.0 Å². The molecule has 0 bridgehead atoms. The summed E-state index contributed by atoms with van der Waals surface area (Å²) in [6, 6.07) is 13.4. The van der Waals surface area contributed by atoms with E-state index in [2.05, 4.69) is 5.32 Å². The third-order valence-corrected chi connectivity index (χ3v) is 4.59. The zero-order valence-electron chi connectivity index (χ0n) is 15.8. The fourth-order valence-electron chi connectivity index (χ4n) is 3.09. The first kappa shape index (κ1) is 19.1. The van der Waals surface area contributed by atoms with E-state index in [-0.39, 0.29) is 11.3 Å². The smallest absolute Gasteiger partial charge is 0.336 e. The van der Waals surface area contributed by atoms with Gasteiger partial charge in [-0.05, 0) is 54.1 Å². The summed E-state index contributed by atoms with van der Waals surface area (Å²) < 4.78 is 21.1. The number of urea groups is 1. The lowest BCUT2D eigenvalue weighted by Crippen LogP contribution is -2.54. The summed E-state index contributed by atoms with van der Waals surface area (Å²) in [5, 5.41) is 2.08. The molecule has 150 valence electrons. The van der Waals surface area contributed by atoms with Gasteiger partial charge in [-0.3, -0.25) is 14.9 Å². The minimum absolute atomic E-state index is 0.228. The summed E-state index contributed by atoms with van der Waals surface area (Å²) in [6.45, 7) is 0. The first-order chi connectivity index (χ1) is 14.5. The number of imide groups is 2. The van der Waals surface area contributed by atoms with Crippen molar-refractivity contribution in [3.63, 3.8) is 0 Å². The van der Waals surface area contributed by atoms with Crippen LogP contribution in [0.25, 0.3) is 11.8 Å². The van der Waals surface area contributed by atoms with Gasteiger partial charge in [0.1, 0.15) is 17.1 Å². The quantitative estimate of drug-likeness (QED) is 0.534. The van der Waals surface area contributed by atoms with Gasteiger partial charge in [0.05, 0.1) is 12.8 Å². The molecule has 0 saturated carbocycles. The van der Waals surface area contributed by atoms with Crippen LogP contribution in [0.2, 0.25) is 0 Å². The molecule has 8 heteroatoms. The monoisotopic (exact) mass is 405 g/mol. The van der Waals surface area contributed by atoms with E-state index >= 15 is 0 Å². The number of amides is 4. The molecule has 1 aromatic heterocycles. The SMILES string of the molecule is COc1ccc(-n2ccc(/C=C3/C(=O)NC(=O)N(c4ccccc4F)C3=O)c2)cc1. The number of halogens is 1. The van der Waals surface area contributed by atoms with Crippen LogP contribution in [0.3, 0.4) is 0 Å². The number of aromatic nitrogens is 1. The first-order valence-electron chi connectivity index (χ1n) is 8.96. The van der Waals surface area contributed by atoms with Crippen LogP contribution in [-0.4, -0.2) is 29.5 Å². The summed E-state index contributed by atoms with van der Waals surface area (Å²) in [7, 11) is 1.58. The third kappa shape index (κ3) is 3.46. The van der Waals surface area contributed by atoms with Gasteiger partial charge in [0.2, 0.25) is 0 Å². The highest BCUT2D eigenvalue weighted by Gasteiger charge is 2.37. The summed E-state index contributed by atoms with van der Waals surface area (Å²) in [5.41, 5.74) is 0.912. The van der Waals surface area contributed by atoms with Gasteiger partial charge < -0.3 is 9.30 Å². The Morgan fingerprint density at radius 1 is 1.00 bits per heavy atom. The van der Waals surface area contributed by atoms with Crippen LogP contribution in [0.1, 0.15) is 5.56 Å². The summed E-state index contributed by atoms with van der Waals surface area (Å²) in [6.07, 6.45) is 4.84. The van der Waals surface area contributed by atoms with Crippen molar-refractivity contribution in [3.05, 3.63) is 83.9 Å². The molecule has 4 amide bonds. The lowest BCUT2D eigenvalue weighted by atomic mass is 10.1. The van der Waals surface area contributed by atoms with E-state index in [9.17, 15) is 18.8 Å². The molecule has 3 aromatic rings. The highest BCUT2D eigenvalue weighted by molar-refractivity contribution is 6.39. The van der Waals surface area contributed by atoms with Crippen LogP contribution in [-0.2, 0) is 9.59 Å². The third-order valence-electron chi connectivity index (χ3n) is 4.59. The molecular weight excluding hydrogens is 389 g/mol. The second-order valence-electron chi connectivity index (χ2n) is 6.46. The number of ether oxygens (including phenoxy) is 1. The number of nitrogens with one attached hydrogen (secondary N) is 1. The minimum Gasteiger partial charge on any atom is -0.497 e. The van der Waals surface area contributed by atoms with Gasteiger partial charge in [-0.15, -0.1) is 0 Å². The molecule has 2 heterocycles. The Bertz CT molecular complexity index is 1180. The fraction of sp³-hybridized carbons (Fsp3) is 0.0455. The predicted octanol–water partition coefficient (Wildman–Crippen LogP) is 3.29. The number of carbonyl (C=O) groups is 3. The maximum atomic E-state index is 14.1. The maximum absolute atomic E-state index is 14.1. The van der Waals surface area contributed by atoms with Crippen LogP contribution in [0.4, 0.5) is 14.9 Å². The van der Waals surface area contributed by atoms with Crippen LogP contribution in [0, 0.1) is 5.82 Å². The largest absolute Gasteiger partial charge is 0.497 e. The van der Waals surface area contributed by atoms with Gasteiger partial charge in [0.15, 0.2) is 0 Å². The summed E-state index contributed by atoms with van der Waals surface area (Å²) >= 11 is 0. The van der Waals surface area contributed by atoms with E-state index in [0.29, 0.717) is 10.5 Å². The molecule has 4 rings (SSSR count). The van der Waals surface area contributed by atoms with Crippen LogP contribution in [0.5, 0.6) is 5.75 Å². The number of methoxy groups -OCH3 is 1. The maximum Gasteiger partial charge on any atom is 0.336 e. The molecule has 0 spiro atoms. The van der Waals surface area contributed by atoms with E-state index in [1.165, 1.54) is 24.3 Å². The van der Waals surface area contributed by atoms with Crippen molar-refractivity contribution in [2.75, 3.05) is 12.0 Å². The number of rotatable bonds is 4. The van der Waals surface area contributed by atoms with E-state index in [0.717, 1.165) is 17.5 Å². The fourth-order valence-corrected chi connectivity index (χ4v) is 3.09. The Morgan fingerprint density at radius 3 is 2.43 bits per heavy atom. The van der Waals surface area contributed by atoms with Gasteiger partial charge >= 0.3 is 6.03 Å². The summed E-state index contributed by atoms with van der Waals surface area (Å²) in [5.74, 6) is -1.77. The van der Waals surface area contributed by atoms with Crippen molar-refractivity contribution in [1.29, 1.82) is 0 Å². The molecular formula is C22H16FN3O4. The number of anilines is 1. The van der Waals surface area contributed by atoms with Crippen molar-refractivity contribution in [3.8, 4) is 11.4 Å². The van der Waals surface area contributed by atoms with Gasteiger partial charge in [-0.1, -0.05) is 12.1 Å². The molecule has 1 aliphatic rings. The Kier molecular flexibility index (Phi) is 4.89. The van der Waals surface area contributed by atoms with E-state index in [1.807, 2.05) is 24.3 Å². The molecule has 1 fully saturated rings. The minimum atomic E-state index is -0.997. The Hall–Kier alpha value is -4.20. The number of para-hydroxylation sites is 1. The molecule has 1 N–H and O–H groups in total. The number of hydrogen-bond donors (Lipinski definition) is 1. The molecule has 0 atom stereocenters. The zero-order valence-corrected chi connectivity index (χ0v) is 15.8. The van der Waals surface area contributed by atoms with Gasteiger partial charge in [-0.25, -0.2) is 14.1 Å². The average molecular weight is 405 g/mol. The number of benzene rings is 2. The van der Waals surface area contributed by atoms with Crippen molar-refractivity contribution in [2.24, 2.45) is 0 Å². The van der Waals surface area contributed by atoms with E-state index in [4.69, 9.17) is 4.74 Å². The number of carbonyl (C=O) groups excluding carboxylic acids is 3. The molecule has 7 nitrogen and oxygen atoms in total. The highest BCUT2D eigenvalue weighted by Crippen LogP contribution is 2.25. The van der Waals surface area contributed by atoms with Crippen molar-refractivity contribution in [2.45, 2.75) is 0 Å². The number of hydrogen-bond acceptors (Lipinski definition) is 4. The predicted molar refractivity (Wildman–Crippen MR) is 108 cm³/mol. The van der Waals surface area contributed by atoms with Gasteiger partial charge in [0, 0.05) is 18.1 Å². The number of barbiturate groups is 1. The Morgan fingerprint density at radius 2 is 1.73 bits per heavy atom.